The first-order valence-corrected chi connectivity index (χ1v) is 6.95. The Morgan fingerprint density at radius 2 is 2.33 bits per heavy atom. The molecule has 1 aromatic heterocycles. The first-order valence-electron chi connectivity index (χ1n) is 5.51. The van der Waals surface area contributed by atoms with Crippen LogP contribution in [0.1, 0.15) is 12.8 Å². The molecule has 0 radical (unpaired) electrons. The second-order valence-electron chi connectivity index (χ2n) is 3.94. The maximum atomic E-state index is 12.3. The molecule has 18 heavy (non-hydrogen) atoms. The summed E-state index contributed by atoms with van der Waals surface area (Å²) in [7, 11) is -2.17. The lowest BCUT2D eigenvalue weighted by molar-refractivity contribution is 0.396. The van der Waals surface area contributed by atoms with Gasteiger partial charge in [-0.2, -0.15) is 9.57 Å². The van der Waals surface area contributed by atoms with E-state index < -0.39 is 16.1 Å². The lowest BCUT2D eigenvalue weighted by atomic mass is 10.2. The maximum absolute atomic E-state index is 12.3. The third kappa shape index (κ3) is 2.17. The fourth-order valence-electron chi connectivity index (χ4n) is 1.93. The number of nitriles is 1. The number of rotatable bonds is 3. The van der Waals surface area contributed by atoms with E-state index in [0.717, 1.165) is 0 Å². The zero-order chi connectivity index (χ0) is 13.2. The van der Waals surface area contributed by atoms with Crippen LogP contribution in [0.3, 0.4) is 0 Å². The number of pyridine rings is 1. The Morgan fingerprint density at radius 3 is 2.89 bits per heavy atom. The van der Waals surface area contributed by atoms with E-state index >= 15 is 0 Å². The Morgan fingerprint density at radius 1 is 1.56 bits per heavy atom. The zero-order valence-electron chi connectivity index (χ0n) is 9.91. The van der Waals surface area contributed by atoms with Gasteiger partial charge in [-0.15, -0.1) is 0 Å². The van der Waals surface area contributed by atoms with Gasteiger partial charge in [-0.25, -0.2) is 13.4 Å². The number of ether oxygens (including phenoxy) is 1. The SMILES string of the molecule is COc1ccc(S(=O)(=O)N2CCCC2C#N)cn1. The van der Waals surface area contributed by atoms with Crippen LogP contribution in [0.5, 0.6) is 5.88 Å². The largest absolute Gasteiger partial charge is 0.481 e. The number of sulfonamides is 1. The second-order valence-corrected chi connectivity index (χ2v) is 5.83. The predicted molar refractivity (Wildman–Crippen MR) is 63.3 cm³/mol. The van der Waals surface area contributed by atoms with Crippen LogP contribution in [0.25, 0.3) is 0 Å². The van der Waals surface area contributed by atoms with E-state index in [9.17, 15) is 8.42 Å². The summed E-state index contributed by atoms with van der Waals surface area (Å²) >= 11 is 0. The first kappa shape index (κ1) is 12.8. The van der Waals surface area contributed by atoms with Gasteiger partial charge in [-0.05, 0) is 18.9 Å². The highest BCUT2D eigenvalue weighted by Crippen LogP contribution is 2.25. The van der Waals surface area contributed by atoms with Gasteiger partial charge in [-0.1, -0.05) is 0 Å². The van der Waals surface area contributed by atoms with Crippen LogP contribution < -0.4 is 4.74 Å². The lowest BCUT2D eigenvalue weighted by Gasteiger charge is -2.18. The number of nitrogens with zero attached hydrogens (tertiary/aromatic N) is 3. The standard InChI is InChI=1S/C11H13N3O3S/c1-17-11-5-4-10(8-13-11)18(15,16)14-6-2-3-9(14)7-12/h4-5,8-9H,2-3,6H2,1H3. The van der Waals surface area contributed by atoms with Crippen molar-refractivity contribution in [1.29, 1.82) is 5.26 Å². The minimum atomic E-state index is -3.63. The van der Waals surface area contributed by atoms with Crippen molar-refractivity contribution in [3.63, 3.8) is 0 Å². The molecule has 1 atom stereocenters. The van der Waals surface area contributed by atoms with Crippen molar-refractivity contribution in [3.8, 4) is 11.9 Å². The van der Waals surface area contributed by atoms with Crippen molar-refractivity contribution in [2.24, 2.45) is 0 Å². The minimum absolute atomic E-state index is 0.0884. The average molecular weight is 267 g/mol. The van der Waals surface area contributed by atoms with Crippen molar-refractivity contribution in [2.75, 3.05) is 13.7 Å². The highest BCUT2D eigenvalue weighted by Gasteiger charge is 2.35. The van der Waals surface area contributed by atoms with E-state index in [0.29, 0.717) is 25.3 Å². The normalized spacial score (nSPS) is 20.6. The van der Waals surface area contributed by atoms with E-state index in [1.54, 1.807) is 0 Å². The molecule has 0 spiro atoms. The highest BCUT2D eigenvalue weighted by molar-refractivity contribution is 7.89. The smallest absolute Gasteiger partial charge is 0.245 e. The predicted octanol–water partition coefficient (Wildman–Crippen LogP) is 0.767. The van der Waals surface area contributed by atoms with Crippen LogP contribution in [0.2, 0.25) is 0 Å². The second kappa shape index (κ2) is 4.92. The Balaban J connectivity index is 2.33. The van der Waals surface area contributed by atoms with Gasteiger partial charge in [0.05, 0.1) is 19.4 Å². The van der Waals surface area contributed by atoms with Crippen LogP contribution in [0, 0.1) is 11.3 Å². The van der Waals surface area contributed by atoms with Gasteiger partial charge < -0.3 is 4.74 Å². The van der Waals surface area contributed by atoms with Crippen LogP contribution >= 0.6 is 0 Å². The third-order valence-corrected chi connectivity index (χ3v) is 4.77. The Hall–Kier alpha value is -1.65. The summed E-state index contributed by atoms with van der Waals surface area (Å²) < 4.78 is 30.7. The Labute approximate surface area is 106 Å². The third-order valence-electron chi connectivity index (χ3n) is 2.88. The molecule has 0 saturated carbocycles. The fraction of sp³-hybridized carbons (Fsp3) is 0.455. The summed E-state index contributed by atoms with van der Waals surface area (Å²) in [4.78, 5) is 3.96. The van der Waals surface area contributed by atoms with Gasteiger partial charge in [0, 0.05) is 12.6 Å². The molecule has 1 fully saturated rings. The molecule has 0 N–H and O–H groups in total. The molecule has 1 unspecified atom stereocenters. The van der Waals surface area contributed by atoms with E-state index in [4.69, 9.17) is 10.00 Å². The van der Waals surface area contributed by atoms with Crippen LogP contribution in [0.4, 0.5) is 0 Å². The molecule has 1 aliphatic rings. The molecular weight excluding hydrogens is 254 g/mol. The lowest BCUT2D eigenvalue weighted by Crippen LogP contribution is -2.34. The number of hydrogen-bond acceptors (Lipinski definition) is 5. The number of methoxy groups -OCH3 is 1. The number of hydrogen-bond donors (Lipinski definition) is 0. The molecule has 2 rings (SSSR count). The molecule has 7 heteroatoms. The first-order chi connectivity index (χ1) is 8.59. The quantitative estimate of drug-likeness (QED) is 0.807. The van der Waals surface area contributed by atoms with Gasteiger partial charge in [0.1, 0.15) is 10.9 Å². The minimum Gasteiger partial charge on any atom is -0.481 e. The molecule has 1 aliphatic heterocycles. The van der Waals surface area contributed by atoms with E-state index in [1.807, 2.05) is 6.07 Å². The molecule has 6 nitrogen and oxygen atoms in total. The Bertz CT molecular complexity index is 562. The molecule has 0 aliphatic carbocycles. The summed E-state index contributed by atoms with van der Waals surface area (Å²) in [6.07, 6.45) is 2.54. The molecule has 0 amide bonds. The van der Waals surface area contributed by atoms with Crippen molar-refractivity contribution >= 4 is 10.0 Å². The summed E-state index contributed by atoms with van der Waals surface area (Å²) in [5.41, 5.74) is 0. The number of aromatic nitrogens is 1. The van der Waals surface area contributed by atoms with Crippen LogP contribution in [0.15, 0.2) is 23.2 Å². The monoisotopic (exact) mass is 267 g/mol. The van der Waals surface area contributed by atoms with Crippen LogP contribution in [-0.2, 0) is 10.0 Å². The van der Waals surface area contributed by atoms with Gasteiger partial charge >= 0.3 is 0 Å². The summed E-state index contributed by atoms with van der Waals surface area (Å²) in [5, 5.41) is 8.94. The van der Waals surface area contributed by atoms with E-state index in [-0.39, 0.29) is 4.90 Å². The average Bonchev–Trinajstić information content (AvgIpc) is 2.88. The summed E-state index contributed by atoms with van der Waals surface area (Å²) in [5.74, 6) is 0.354. The molecule has 1 saturated heterocycles. The van der Waals surface area contributed by atoms with Gasteiger partial charge in [0.2, 0.25) is 15.9 Å². The molecule has 96 valence electrons. The molecule has 0 bridgehead atoms. The highest BCUT2D eigenvalue weighted by atomic mass is 32.2. The van der Waals surface area contributed by atoms with E-state index in [2.05, 4.69) is 4.98 Å². The van der Waals surface area contributed by atoms with Gasteiger partial charge in [0.25, 0.3) is 0 Å². The molecule has 2 heterocycles. The zero-order valence-corrected chi connectivity index (χ0v) is 10.7. The topological polar surface area (TPSA) is 83.3 Å². The van der Waals surface area contributed by atoms with Crippen molar-refractivity contribution in [2.45, 2.75) is 23.8 Å². The summed E-state index contributed by atoms with van der Waals surface area (Å²) in [6.45, 7) is 0.382. The Kier molecular flexibility index (Phi) is 3.50. The molecular formula is C11H13N3O3S. The van der Waals surface area contributed by atoms with Gasteiger partial charge in [0.15, 0.2) is 0 Å². The van der Waals surface area contributed by atoms with Crippen LogP contribution in [-0.4, -0.2) is 37.4 Å². The van der Waals surface area contributed by atoms with E-state index in [1.165, 1.54) is 29.7 Å². The maximum Gasteiger partial charge on any atom is 0.245 e. The summed E-state index contributed by atoms with van der Waals surface area (Å²) in [6, 6.07) is 4.37. The van der Waals surface area contributed by atoms with Crippen molar-refractivity contribution < 1.29 is 13.2 Å². The van der Waals surface area contributed by atoms with Crippen molar-refractivity contribution in [3.05, 3.63) is 18.3 Å². The molecule has 1 aromatic rings. The van der Waals surface area contributed by atoms with Crippen molar-refractivity contribution in [1.82, 2.24) is 9.29 Å². The molecule has 0 aromatic carbocycles. The fourth-order valence-corrected chi connectivity index (χ4v) is 3.49. The van der Waals surface area contributed by atoms with Gasteiger partial charge in [-0.3, -0.25) is 0 Å².